The molecule has 1 aliphatic carbocycles. The number of nitrogens with one attached hydrogen (secondary N) is 1. The fraction of sp³-hybridized carbons (Fsp3) is 0.412. The summed E-state index contributed by atoms with van der Waals surface area (Å²) in [5.41, 5.74) is 0.692. The molecule has 1 amide bonds. The van der Waals surface area contributed by atoms with Crippen LogP contribution in [0.25, 0.3) is 6.08 Å². The third kappa shape index (κ3) is 7.72. The second kappa shape index (κ2) is 12.0. The standard InChI is InChI=1S/C17H21NO5.2Na/c1-23-15-10-11(2-8-14(15)19)3-9-16(20)18-13-6-4-12(5-7-13)17(21)22;;/h2-3,8-10,12-13,19H,4-7H2,1H3,(H,18,20)(H,21,22);;/q;2*+1/p-2. The first kappa shape index (κ1) is 24.5. The molecule has 1 aromatic carbocycles. The molecule has 0 unspecified atom stereocenters. The number of hydrogen-bond donors (Lipinski definition) is 1. The number of benzene rings is 1. The number of aliphatic carboxylic acids is 1. The van der Waals surface area contributed by atoms with Crippen LogP contribution in [-0.2, 0) is 9.59 Å². The summed E-state index contributed by atoms with van der Waals surface area (Å²) < 4.78 is 4.94. The zero-order chi connectivity index (χ0) is 16.8. The van der Waals surface area contributed by atoms with E-state index in [-0.39, 0.29) is 82.6 Å². The molecule has 1 N–H and O–H groups in total. The summed E-state index contributed by atoms with van der Waals surface area (Å²) in [6.45, 7) is 0. The van der Waals surface area contributed by atoms with E-state index in [1.54, 1.807) is 18.2 Å². The van der Waals surface area contributed by atoms with Crippen LogP contribution < -0.4 is 79.4 Å². The third-order valence-electron chi connectivity index (χ3n) is 4.02. The van der Waals surface area contributed by atoms with Crippen LogP contribution >= 0.6 is 0 Å². The largest absolute Gasteiger partial charge is 1.00 e. The molecule has 0 bridgehead atoms. The van der Waals surface area contributed by atoms with Crippen molar-refractivity contribution in [2.45, 2.75) is 31.7 Å². The number of methoxy groups -OCH3 is 1. The van der Waals surface area contributed by atoms with Crippen molar-refractivity contribution >= 4 is 18.0 Å². The van der Waals surface area contributed by atoms with Gasteiger partial charge in [-0.2, -0.15) is 0 Å². The van der Waals surface area contributed by atoms with E-state index in [1.165, 1.54) is 19.3 Å². The molecule has 2 rings (SSSR count). The number of carbonyl (C=O) groups excluding carboxylic acids is 2. The van der Waals surface area contributed by atoms with E-state index in [0.29, 0.717) is 31.2 Å². The minimum absolute atomic E-state index is 0. The van der Waals surface area contributed by atoms with Gasteiger partial charge in [-0.1, -0.05) is 17.9 Å². The number of ether oxygens (including phenoxy) is 1. The van der Waals surface area contributed by atoms with Crippen LogP contribution in [0.15, 0.2) is 24.3 Å². The van der Waals surface area contributed by atoms with Crippen molar-refractivity contribution in [1.82, 2.24) is 5.32 Å². The second-order valence-electron chi connectivity index (χ2n) is 5.62. The van der Waals surface area contributed by atoms with Crippen molar-refractivity contribution in [3.63, 3.8) is 0 Å². The molecule has 1 aliphatic rings. The molecular weight excluding hydrogens is 344 g/mol. The molecular formula is C17H19NNa2O5. The second-order valence-corrected chi connectivity index (χ2v) is 5.62. The Morgan fingerprint density at radius 3 is 2.40 bits per heavy atom. The maximum absolute atomic E-state index is 11.9. The summed E-state index contributed by atoms with van der Waals surface area (Å²) in [5.74, 6) is -1.64. The molecule has 0 atom stereocenters. The molecule has 0 saturated heterocycles. The van der Waals surface area contributed by atoms with E-state index < -0.39 is 11.9 Å². The fourth-order valence-electron chi connectivity index (χ4n) is 2.68. The van der Waals surface area contributed by atoms with Crippen molar-refractivity contribution in [3.8, 4) is 11.5 Å². The summed E-state index contributed by atoms with van der Waals surface area (Å²) in [6.07, 6.45) is 5.32. The Morgan fingerprint density at radius 1 is 1.20 bits per heavy atom. The molecule has 1 saturated carbocycles. The van der Waals surface area contributed by atoms with Crippen LogP contribution in [0, 0.1) is 5.92 Å². The number of carboxylic acids is 1. The minimum atomic E-state index is -1.01. The van der Waals surface area contributed by atoms with E-state index >= 15 is 0 Å². The molecule has 0 spiro atoms. The first-order valence-corrected chi connectivity index (χ1v) is 7.54. The third-order valence-corrected chi connectivity index (χ3v) is 4.02. The van der Waals surface area contributed by atoms with Gasteiger partial charge in [-0.3, -0.25) is 4.79 Å². The number of carbonyl (C=O) groups is 2. The van der Waals surface area contributed by atoms with E-state index in [2.05, 4.69) is 5.32 Å². The molecule has 0 aliphatic heterocycles. The molecule has 6 nitrogen and oxygen atoms in total. The minimum Gasteiger partial charge on any atom is -0.870 e. The van der Waals surface area contributed by atoms with Gasteiger partial charge in [0.1, 0.15) is 5.75 Å². The summed E-state index contributed by atoms with van der Waals surface area (Å²) in [7, 11) is 1.42. The van der Waals surface area contributed by atoms with Gasteiger partial charge in [-0.25, -0.2) is 0 Å². The average molecular weight is 363 g/mol. The summed E-state index contributed by atoms with van der Waals surface area (Å²) in [5, 5.41) is 25.0. The maximum Gasteiger partial charge on any atom is 1.00 e. The number of carboxylic acid groups (broad SMARTS) is 1. The van der Waals surface area contributed by atoms with Crippen LogP contribution in [0.5, 0.6) is 11.5 Å². The van der Waals surface area contributed by atoms with Crippen LogP contribution in [0.1, 0.15) is 31.2 Å². The topological polar surface area (TPSA) is 102 Å². The van der Waals surface area contributed by atoms with Crippen molar-refractivity contribution in [2.24, 2.45) is 5.92 Å². The van der Waals surface area contributed by atoms with Gasteiger partial charge in [0.15, 0.2) is 0 Å². The van der Waals surface area contributed by atoms with E-state index in [4.69, 9.17) is 4.74 Å². The van der Waals surface area contributed by atoms with Crippen molar-refractivity contribution < 1.29 is 83.7 Å². The Morgan fingerprint density at radius 2 is 1.84 bits per heavy atom. The van der Waals surface area contributed by atoms with Gasteiger partial charge >= 0.3 is 59.1 Å². The van der Waals surface area contributed by atoms with Gasteiger partial charge in [-0.05, 0) is 49.3 Å². The molecule has 1 aromatic rings. The summed E-state index contributed by atoms with van der Waals surface area (Å²) >= 11 is 0. The summed E-state index contributed by atoms with van der Waals surface area (Å²) in [4.78, 5) is 22.7. The fourth-order valence-corrected chi connectivity index (χ4v) is 2.68. The Bertz CT molecular complexity index is 613. The zero-order valence-electron chi connectivity index (χ0n) is 14.9. The van der Waals surface area contributed by atoms with Crippen LogP contribution in [0.4, 0.5) is 0 Å². The average Bonchev–Trinajstić information content (AvgIpc) is 2.54. The van der Waals surface area contributed by atoms with E-state index in [9.17, 15) is 19.8 Å². The molecule has 0 heterocycles. The van der Waals surface area contributed by atoms with E-state index in [0.717, 1.165) is 0 Å². The molecule has 25 heavy (non-hydrogen) atoms. The van der Waals surface area contributed by atoms with Crippen LogP contribution in [0.2, 0.25) is 0 Å². The molecule has 1 fully saturated rings. The Balaban J connectivity index is 0.00000288. The maximum atomic E-state index is 11.9. The SMILES string of the molecule is COc1cc(C=CC(=O)NC2CCC(C(=O)[O-])CC2)ccc1[O-].[Na+].[Na+]. The van der Waals surface area contributed by atoms with Gasteiger partial charge in [-0.15, -0.1) is 0 Å². The van der Waals surface area contributed by atoms with Gasteiger partial charge in [0.2, 0.25) is 5.91 Å². The number of rotatable bonds is 5. The van der Waals surface area contributed by atoms with Crippen LogP contribution in [0.3, 0.4) is 0 Å². The Labute approximate surface area is 191 Å². The Kier molecular flexibility index (Phi) is 11.8. The summed E-state index contributed by atoms with van der Waals surface area (Å²) in [6, 6.07) is 4.55. The first-order valence-electron chi connectivity index (χ1n) is 7.54. The number of hydrogen-bond acceptors (Lipinski definition) is 5. The monoisotopic (exact) mass is 363 g/mol. The first-order chi connectivity index (χ1) is 11.0. The zero-order valence-corrected chi connectivity index (χ0v) is 18.9. The van der Waals surface area contributed by atoms with Gasteiger partial charge in [0, 0.05) is 18.1 Å². The van der Waals surface area contributed by atoms with E-state index in [1.807, 2.05) is 0 Å². The Hall–Kier alpha value is -0.500. The predicted octanol–water partition coefficient (Wildman–Crippen LogP) is -5.79. The van der Waals surface area contributed by atoms with Crippen LogP contribution in [-0.4, -0.2) is 25.0 Å². The van der Waals surface area contributed by atoms with Crippen molar-refractivity contribution in [1.29, 1.82) is 0 Å². The molecule has 0 radical (unpaired) electrons. The molecule has 0 aromatic heterocycles. The quantitative estimate of drug-likeness (QED) is 0.415. The number of amides is 1. The van der Waals surface area contributed by atoms with Crippen molar-refractivity contribution in [2.75, 3.05) is 7.11 Å². The van der Waals surface area contributed by atoms with Gasteiger partial charge in [0.25, 0.3) is 0 Å². The van der Waals surface area contributed by atoms with Crippen molar-refractivity contribution in [3.05, 3.63) is 29.8 Å². The predicted molar refractivity (Wildman–Crippen MR) is 80.4 cm³/mol. The van der Waals surface area contributed by atoms with Gasteiger partial charge in [0.05, 0.1) is 7.11 Å². The molecule has 8 heteroatoms. The smallest absolute Gasteiger partial charge is 0.870 e. The molecule has 124 valence electrons. The normalized spacial score (nSPS) is 19.4. The van der Waals surface area contributed by atoms with Gasteiger partial charge < -0.3 is 25.1 Å².